The van der Waals surface area contributed by atoms with Gasteiger partial charge in [0.25, 0.3) is 11.8 Å². The average molecular weight is 210 g/mol. The lowest BCUT2D eigenvalue weighted by Gasteiger charge is -2.12. The van der Waals surface area contributed by atoms with Crippen LogP contribution in [0.4, 0.5) is 0 Å². The number of nitrogens with one attached hydrogen (secondary N) is 2. The van der Waals surface area contributed by atoms with Crippen LogP contribution in [0.3, 0.4) is 0 Å². The van der Waals surface area contributed by atoms with E-state index in [1.54, 1.807) is 0 Å². The second kappa shape index (κ2) is 4.49. The summed E-state index contributed by atoms with van der Waals surface area (Å²) in [6.07, 6.45) is 2.45. The summed E-state index contributed by atoms with van der Waals surface area (Å²) in [5.74, 6) is 8.21. The Bertz CT molecular complexity index is 383. The first-order valence-electron chi connectivity index (χ1n) is 4.07. The zero-order valence-corrected chi connectivity index (χ0v) is 7.74. The molecule has 0 atom stereocenters. The zero-order valence-electron chi connectivity index (χ0n) is 7.74. The molecule has 80 valence electrons. The maximum atomic E-state index is 11.2. The molecule has 1 rings (SSSR count). The van der Waals surface area contributed by atoms with Crippen molar-refractivity contribution in [1.29, 1.82) is 0 Å². The van der Waals surface area contributed by atoms with Crippen LogP contribution in [-0.4, -0.2) is 17.6 Å². The molecule has 0 saturated carbocycles. The summed E-state index contributed by atoms with van der Waals surface area (Å²) in [4.78, 5) is 33.5. The third kappa shape index (κ3) is 2.27. The van der Waals surface area contributed by atoms with E-state index >= 15 is 0 Å². The highest BCUT2D eigenvalue weighted by molar-refractivity contribution is 6.15. The standard InChI is InChI=1S/C8H10N4O3/c9-11-7(14)5-2-1-4(13)3-6(5)8(15)12-10/h2-3H,1,9-10H2,(H,11,14)(H,12,15). The second-order valence-electron chi connectivity index (χ2n) is 2.79. The second-order valence-corrected chi connectivity index (χ2v) is 2.79. The fraction of sp³-hybridized carbons (Fsp3) is 0.125. The van der Waals surface area contributed by atoms with Crippen molar-refractivity contribution < 1.29 is 14.4 Å². The lowest BCUT2D eigenvalue weighted by atomic mass is 9.96. The van der Waals surface area contributed by atoms with Gasteiger partial charge in [-0.15, -0.1) is 0 Å². The molecule has 1 aliphatic carbocycles. The molecule has 0 aliphatic heterocycles. The molecule has 0 unspecified atom stereocenters. The molecule has 15 heavy (non-hydrogen) atoms. The highest BCUT2D eigenvalue weighted by Gasteiger charge is 2.23. The quantitative estimate of drug-likeness (QED) is 0.233. The van der Waals surface area contributed by atoms with Gasteiger partial charge in [0.1, 0.15) is 0 Å². The Kier molecular flexibility index (Phi) is 3.32. The minimum absolute atomic E-state index is 0.0417. The van der Waals surface area contributed by atoms with Gasteiger partial charge in [0.15, 0.2) is 5.78 Å². The molecule has 0 saturated heterocycles. The summed E-state index contributed by atoms with van der Waals surface area (Å²) in [7, 11) is 0. The van der Waals surface area contributed by atoms with Crippen molar-refractivity contribution in [2.45, 2.75) is 6.42 Å². The molecular weight excluding hydrogens is 200 g/mol. The molecule has 0 aromatic rings. The van der Waals surface area contributed by atoms with E-state index in [0.29, 0.717) is 0 Å². The molecular formula is C8H10N4O3. The summed E-state index contributed by atoms with van der Waals surface area (Å²) in [5, 5.41) is 0. The van der Waals surface area contributed by atoms with Crippen LogP contribution in [0.15, 0.2) is 23.3 Å². The van der Waals surface area contributed by atoms with Gasteiger partial charge in [-0.2, -0.15) is 0 Å². The van der Waals surface area contributed by atoms with Crippen molar-refractivity contribution in [1.82, 2.24) is 10.9 Å². The number of ketones is 1. The van der Waals surface area contributed by atoms with E-state index in [1.807, 2.05) is 10.9 Å². The smallest absolute Gasteiger partial charge is 0.266 e. The number of hydrogen-bond donors (Lipinski definition) is 4. The number of hydrazine groups is 2. The molecule has 7 heteroatoms. The molecule has 0 heterocycles. The van der Waals surface area contributed by atoms with E-state index in [1.165, 1.54) is 6.08 Å². The lowest BCUT2D eigenvalue weighted by Crippen LogP contribution is -2.38. The molecule has 0 radical (unpaired) electrons. The molecule has 1 aliphatic rings. The van der Waals surface area contributed by atoms with Crippen molar-refractivity contribution in [3.8, 4) is 0 Å². The van der Waals surface area contributed by atoms with E-state index in [0.717, 1.165) is 6.08 Å². The monoisotopic (exact) mass is 210 g/mol. The van der Waals surface area contributed by atoms with Crippen LogP contribution < -0.4 is 22.5 Å². The first kappa shape index (κ1) is 11.1. The molecule has 0 aromatic carbocycles. The maximum absolute atomic E-state index is 11.2. The summed E-state index contributed by atoms with van der Waals surface area (Å²) in [6.45, 7) is 0. The van der Waals surface area contributed by atoms with Crippen LogP contribution in [0.25, 0.3) is 0 Å². The fourth-order valence-electron chi connectivity index (χ4n) is 1.17. The molecule has 2 amide bonds. The summed E-state index contributed by atoms with van der Waals surface area (Å²) in [5.41, 5.74) is 3.68. The Labute approximate surface area is 85.1 Å². The Hall–Kier alpha value is -1.99. The van der Waals surface area contributed by atoms with Gasteiger partial charge < -0.3 is 0 Å². The third-order valence-corrected chi connectivity index (χ3v) is 1.85. The van der Waals surface area contributed by atoms with Gasteiger partial charge in [-0.1, -0.05) is 6.08 Å². The van der Waals surface area contributed by atoms with E-state index in [9.17, 15) is 14.4 Å². The van der Waals surface area contributed by atoms with E-state index in [2.05, 4.69) is 0 Å². The van der Waals surface area contributed by atoms with Crippen LogP contribution in [-0.2, 0) is 14.4 Å². The largest absolute Gasteiger partial charge is 0.294 e. The lowest BCUT2D eigenvalue weighted by molar-refractivity contribution is -0.121. The normalized spacial score (nSPS) is 15.2. The van der Waals surface area contributed by atoms with Gasteiger partial charge in [0, 0.05) is 6.42 Å². The van der Waals surface area contributed by atoms with Gasteiger partial charge in [-0.05, 0) is 6.08 Å². The highest BCUT2D eigenvalue weighted by Crippen LogP contribution is 2.16. The summed E-state index contributed by atoms with van der Waals surface area (Å²) >= 11 is 0. The van der Waals surface area contributed by atoms with E-state index in [4.69, 9.17) is 11.7 Å². The van der Waals surface area contributed by atoms with Crippen molar-refractivity contribution in [3.05, 3.63) is 23.3 Å². The topological polar surface area (TPSA) is 127 Å². The van der Waals surface area contributed by atoms with Crippen molar-refractivity contribution in [3.63, 3.8) is 0 Å². The van der Waals surface area contributed by atoms with Gasteiger partial charge in [-0.25, -0.2) is 11.7 Å². The molecule has 0 spiro atoms. The number of amides is 2. The molecule has 6 N–H and O–H groups in total. The Balaban J connectivity index is 3.06. The summed E-state index contributed by atoms with van der Waals surface area (Å²) < 4.78 is 0. The Morgan fingerprint density at radius 1 is 1.13 bits per heavy atom. The predicted octanol–water partition coefficient (Wildman–Crippen LogP) is -2.21. The minimum atomic E-state index is -0.710. The molecule has 0 aromatic heterocycles. The molecule has 0 fully saturated rings. The van der Waals surface area contributed by atoms with E-state index < -0.39 is 11.8 Å². The number of allylic oxidation sites excluding steroid dienone is 2. The van der Waals surface area contributed by atoms with Gasteiger partial charge in [-0.3, -0.25) is 25.2 Å². The average Bonchev–Trinajstić information content (AvgIpc) is 2.26. The van der Waals surface area contributed by atoms with Crippen LogP contribution in [0.5, 0.6) is 0 Å². The van der Waals surface area contributed by atoms with Crippen LogP contribution in [0, 0.1) is 0 Å². The maximum Gasteiger partial charge on any atom is 0.266 e. The first-order chi connectivity index (χ1) is 7.10. The number of carbonyl (C=O) groups is 3. The molecule has 0 bridgehead atoms. The SMILES string of the molecule is NNC(=O)C1=CCC(=O)C=C1C(=O)NN. The molecule has 7 nitrogen and oxygen atoms in total. The minimum Gasteiger partial charge on any atom is -0.294 e. The number of nitrogens with two attached hydrogens (primary N) is 2. The van der Waals surface area contributed by atoms with Crippen molar-refractivity contribution in [2.75, 3.05) is 0 Å². The van der Waals surface area contributed by atoms with Gasteiger partial charge in [0.05, 0.1) is 11.1 Å². The van der Waals surface area contributed by atoms with Crippen LogP contribution in [0.1, 0.15) is 6.42 Å². The van der Waals surface area contributed by atoms with Gasteiger partial charge >= 0.3 is 0 Å². The van der Waals surface area contributed by atoms with Crippen molar-refractivity contribution >= 4 is 17.6 Å². The first-order valence-corrected chi connectivity index (χ1v) is 4.07. The summed E-state index contributed by atoms with van der Waals surface area (Å²) in [6, 6.07) is 0. The number of carbonyl (C=O) groups excluding carboxylic acids is 3. The van der Waals surface area contributed by atoms with E-state index in [-0.39, 0.29) is 23.4 Å². The fourth-order valence-corrected chi connectivity index (χ4v) is 1.17. The number of rotatable bonds is 2. The highest BCUT2D eigenvalue weighted by atomic mass is 16.2. The third-order valence-electron chi connectivity index (χ3n) is 1.85. The Morgan fingerprint density at radius 2 is 1.67 bits per heavy atom. The predicted molar refractivity (Wildman–Crippen MR) is 50.5 cm³/mol. The zero-order chi connectivity index (χ0) is 11.4. The van der Waals surface area contributed by atoms with Crippen molar-refractivity contribution in [2.24, 2.45) is 11.7 Å². The number of hydrogen-bond acceptors (Lipinski definition) is 5. The van der Waals surface area contributed by atoms with Crippen LogP contribution in [0.2, 0.25) is 0 Å². The van der Waals surface area contributed by atoms with Crippen LogP contribution >= 0.6 is 0 Å². The van der Waals surface area contributed by atoms with Gasteiger partial charge in [0.2, 0.25) is 0 Å². The Morgan fingerprint density at radius 3 is 2.20 bits per heavy atom.